The maximum absolute atomic E-state index is 11.7. The number of benzene rings is 1. The molecule has 0 fully saturated rings. The fourth-order valence-corrected chi connectivity index (χ4v) is 4.71. The van der Waals surface area contributed by atoms with Crippen molar-refractivity contribution in [1.29, 1.82) is 0 Å². The summed E-state index contributed by atoms with van der Waals surface area (Å²) in [4.78, 5) is 19.6. The number of H-pyrrole nitrogens is 1. The average Bonchev–Trinajstić information content (AvgIpc) is 3.06. The van der Waals surface area contributed by atoms with E-state index in [0.29, 0.717) is 17.0 Å². The second-order valence-corrected chi connectivity index (χ2v) is 8.01. The van der Waals surface area contributed by atoms with Crippen molar-refractivity contribution in [3.05, 3.63) is 84.0 Å². The molecule has 1 aliphatic rings. The lowest BCUT2D eigenvalue weighted by atomic mass is 9.88. The highest BCUT2D eigenvalue weighted by Crippen LogP contribution is 2.40. The first-order chi connectivity index (χ1) is 13.6. The van der Waals surface area contributed by atoms with Gasteiger partial charge in [-0.3, -0.25) is 10.1 Å². The highest BCUT2D eigenvalue weighted by Gasteiger charge is 2.32. The molecule has 0 atom stereocenters. The molecule has 152 valence electrons. The van der Waals surface area contributed by atoms with Crippen LogP contribution in [0.4, 0.5) is 0 Å². The molecule has 1 aromatic carbocycles. The summed E-state index contributed by atoms with van der Waals surface area (Å²) in [5.41, 5.74) is 12.0. The molecule has 2 aromatic rings. The van der Waals surface area contributed by atoms with Crippen LogP contribution in [0.15, 0.2) is 34.1 Å². The first kappa shape index (κ1) is 20.8. The summed E-state index contributed by atoms with van der Waals surface area (Å²) in [6, 6.07) is 4.32. The number of hydrogen-bond donors (Lipinski definition) is 1. The predicted octanol–water partition coefficient (Wildman–Crippen LogP) is 5.90. The van der Waals surface area contributed by atoms with E-state index in [-0.39, 0.29) is 10.6 Å². The molecule has 1 aliphatic heterocycles. The van der Waals surface area contributed by atoms with Gasteiger partial charge in [-0.1, -0.05) is 24.6 Å². The Morgan fingerprint density at radius 2 is 1.66 bits per heavy atom. The Hall–Kier alpha value is -2.95. The van der Waals surface area contributed by atoms with E-state index in [1.165, 1.54) is 16.7 Å². The second kappa shape index (κ2) is 7.47. The molecule has 0 saturated carbocycles. The van der Waals surface area contributed by atoms with Gasteiger partial charge in [0.1, 0.15) is 5.71 Å². The molecule has 0 saturated heterocycles. The van der Waals surface area contributed by atoms with Crippen LogP contribution in [0.2, 0.25) is 0 Å². The zero-order valence-electron chi connectivity index (χ0n) is 18.6. The van der Waals surface area contributed by atoms with Crippen LogP contribution in [0.3, 0.4) is 0 Å². The third-order valence-corrected chi connectivity index (χ3v) is 5.88. The van der Waals surface area contributed by atoms with Crippen LogP contribution in [0.1, 0.15) is 65.5 Å². The van der Waals surface area contributed by atoms with E-state index in [4.69, 9.17) is 4.99 Å². The molecule has 0 unspecified atom stereocenters. The summed E-state index contributed by atoms with van der Waals surface area (Å²) >= 11 is 0. The quantitative estimate of drug-likeness (QED) is 0.520. The molecule has 1 N–H and O–H groups in total. The molecule has 0 bridgehead atoms. The molecule has 3 rings (SSSR count). The number of aryl methyl sites for hydroxylation is 4. The Bertz CT molecular complexity index is 1100. The molecular weight excluding hydrogens is 362 g/mol. The van der Waals surface area contributed by atoms with Crippen molar-refractivity contribution in [2.24, 2.45) is 4.99 Å². The topological polar surface area (TPSA) is 71.3 Å². The fourth-order valence-electron chi connectivity index (χ4n) is 4.71. The number of allylic oxidation sites excluding steroid dienone is 2. The van der Waals surface area contributed by atoms with Crippen molar-refractivity contribution in [2.45, 2.75) is 61.8 Å². The van der Waals surface area contributed by atoms with Crippen molar-refractivity contribution in [2.75, 3.05) is 0 Å². The molecule has 0 spiro atoms. The van der Waals surface area contributed by atoms with Crippen LogP contribution in [0.5, 0.6) is 0 Å². The van der Waals surface area contributed by atoms with Gasteiger partial charge in [0.25, 0.3) is 5.70 Å². The fraction of sp³-hybridized carbons (Fsp3) is 0.375. The van der Waals surface area contributed by atoms with Gasteiger partial charge in [0.2, 0.25) is 0 Å². The first-order valence-electron chi connectivity index (χ1n) is 10.0. The van der Waals surface area contributed by atoms with Gasteiger partial charge < -0.3 is 4.98 Å². The second-order valence-electron chi connectivity index (χ2n) is 8.01. The van der Waals surface area contributed by atoms with Crippen molar-refractivity contribution in [3.63, 3.8) is 0 Å². The first-order valence-corrected chi connectivity index (χ1v) is 10.0. The number of aliphatic imine (C=N–C) groups is 1. The molecule has 29 heavy (non-hydrogen) atoms. The third-order valence-electron chi connectivity index (χ3n) is 5.88. The van der Waals surface area contributed by atoms with Crippen LogP contribution in [0, 0.1) is 44.7 Å². The van der Waals surface area contributed by atoms with E-state index in [1.54, 1.807) is 13.8 Å². The normalized spacial score (nSPS) is 15.8. The number of nitro groups is 1. The van der Waals surface area contributed by atoms with Gasteiger partial charge in [0.05, 0.1) is 21.9 Å². The SMILES string of the molecule is CCc1c(C)[nH]c(/C(=C2\N=C(C)C([N+](=O)[O-])=C2C)c2c(C)cc(C)cc2C)c1C. The summed E-state index contributed by atoms with van der Waals surface area (Å²) in [6.07, 6.45) is 0.930. The molecular formula is C24H29N3O2. The van der Waals surface area contributed by atoms with Crippen LogP contribution < -0.4 is 0 Å². The summed E-state index contributed by atoms with van der Waals surface area (Å²) in [7, 11) is 0. The number of aromatic nitrogens is 1. The van der Waals surface area contributed by atoms with Crippen LogP contribution >= 0.6 is 0 Å². The van der Waals surface area contributed by atoms with Crippen molar-refractivity contribution in [1.82, 2.24) is 4.98 Å². The Kier molecular flexibility index (Phi) is 5.35. The number of nitrogens with one attached hydrogen (secondary N) is 1. The maximum Gasteiger partial charge on any atom is 0.295 e. The van der Waals surface area contributed by atoms with E-state index in [9.17, 15) is 10.1 Å². The van der Waals surface area contributed by atoms with Gasteiger partial charge in [-0.2, -0.15) is 0 Å². The largest absolute Gasteiger partial charge is 0.358 e. The highest BCUT2D eigenvalue weighted by atomic mass is 16.6. The number of aromatic amines is 1. The Morgan fingerprint density at radius 3 is 2.10 bits per heavy atom. The number of hydrogen-bond acceptors (Lipinski definition) is 3. The zero-order chi connectivity index (χ0) is 21.6. The number of nitrogens with zero attached hydrogens (tertiary/aromatic N) is 2. The van der Waals surface area contributed by atoms with Crippen LogP contribution in [-0.2, 0) is 6.42 Å². The lowest BCUT2D eigenvalue weighted by molar-refractivity contribution is -0.415. The van der Waals surface area contributed by atoms with E-state index in [1.807, 2.05) is 0 Å². The smallest absolute Gasteiger partial charge is 0.295 e. The molecule has 5 heteroatoms. The summed E-state index contributed by atoms with van der Waals surface area (Å²) < 4.78 is 0. The molecule has 0 radical (unpaired) electrons. The molecule has 5 nitrogen and oxygen atoms in total. The van der Waals surface area contributed by atoms with E-state index in [0.717, 1.165) is 40.1 Å². The lowest BCUT2D eigenvalue weighted by Gasteiger charge is -2.18. The summed E-state index contributed by atoms with van der Waals surface area (Å²) in [6.45, 7) is 16.2. The van der Waals surface area contributed by atoms with Crippen LogP contribution in [0.25, 0.3) is 5.57 Å². The summed E-state index contributed by atoms with van der Waals surface area (Å²) in [5, 5.41) is 11.7. The van der Waals surface area contributed by atoms with Gasteiger partial charge in [-0.05, 0) is 82.7 Å². The van der Waals surface area contributed by atoms with Gasteiger partial charge in [-0.15, -0.1) is 0 Å². The van der Waals surface area contributed by atoms with Crippen molar-refractivity contribution < 1.29 is 4.92 Å². The van der Waals surface area contributed by atoms with Crippen molar-refractivity contribution in [3.8, 4) is 0 Å². The van der Waals surface area contributed by atoms with Crippen LogP contribution in [-0.4, -0.2) is 15.6 Å². The highest BCUT2D eigenvalue weighted by molar-refractivity contribution is 6.04. The number of rotatable bonds is 4. The van der Waals surface area contributed by atoms with E-state index in [2.05, 4.69) is 58.7 Å². The standard InChI is InChI=1S/C24H29N3O2/c1-9-19-15(5)22(25-17(19)7)21(20-13(3)10-12(2)11-14(20)4)23-16(6)24(27(28)29)18(8)26-23/h10-11,25H,9H2,1-8H3/b23-21-. The van der Waals surface area contributed by atoms with Gasteiger partial charge in [0.15, 0.2) is 0 Å². The minimum Gasteiger partial charge on any atom is -0.358 e. The lowest BCUT2D eigenvalue weighted by Crippen LogP contribution is -2.06. The average molecular weight is 392 g/mol. The molecule has 2 heterocycles. The predicted molar refractivity (Wildman–Crippen MR) is 119 cm³/mol. The van der Waals surface area contributed by atoms with Gasteiger partial charge >= 0.3 is 0 Å². The van der Waals surface area contributed by atoms with Crippen molar-refractivity contribution >= 4 is 11.3 Å². The van der Waals surface area contributed by atoms with E-state index >= 15 is 0 Å². The zero-order valence-corrected chi connectivity index (χ0v) is 18.6. The van der Waals surface area contributed by atoms with E-state index < -0.39 is 0 Å². The van der Waals surface area contributed by atoms with Gasteiger partial charge in [-0.25, -0.2) is 4.99 Å². The third kappa shape index (κ3) is 3.35. The maximum atomic E-state index is 11.7. The minimum absolute atomic E-state index is 0.108. The Balaban J connectivity index is 2.49. The summed E-state index contributed by atoms with van der Waals surface area (Å²) in [5.74, 6) is 0. The Morgan fingerprint density at radius 1 is 1.07 bits per heavy atom. The van der Waals surface area contributed by atoms with Gasteiger partial charge in [0, 0.05) is 11.3 Å². The Labute approximate surface area is 172 Å². The molecule has 1 aromatic heterocycles. The molecule has 0 aliphatic carbocycles. The molecule has 0 amide bonds. The minimum atomic E-state index is -0.321. The monoisotopic (exact) mass is 391 g/mol.